The highest BCUT2D eigenvalue weighted by atomic mass is 19.4. The molecule has 0 bridgehead atoms. The molecular weight excluding hydrogens is 317 g/mol. The van der Waals surface area contributed by atoms with E-state index in [4.69, 9.17) is 0 Å². The van der Waals surface area contributed by atoms with Gasteiger partial charge < -0.3 is 0 Å². The van der Waals surface area contributed by atoms with Gasteiger partial charge >= 0.3 is 6.30 Å². The Balaban J connectivity index is 2.19. The topological polar surface area (TPSA) is 50.7 Å². The van der Waals surface area contributed by atoms with Crippen LogP contribution in [0.2, 0.25) is 0 Å². The second-order valence-electron chi connectivity index (χ2n) is 5.34. The molecule has 0 aliphatic heterocycles. The third kappa shape index (κ3) is 3.02. The number of hydrogen-bond acceptors (Lipinski definition) is 4. The van der Waals surface area contributed by atoms with Gasteiger partial charge in [0, 0.05) is 22.7 Å². The van der Waals surface area contributed by atoms with Crippen molar-refractivity contribution in [3.8, 4) is 11.3 Å². The van der Waals surface area contributed by atoms with Gasteiger partial charge in [0.2, 0.25) is 0 Å². The average Bonchev–Trinajstić information content (AvgIpc) is 2.54. The van der Waals surface area contributed by atoms with Gasteiger partial charge in [0.15, 0.2) is 0 Å². The van der Waals surface area contributed by atoms with E-state index in [2.05, 4.69) is 15.0 Å². The molecule has 7 heteroatoms. The van der Waals surface area contributed by atoms with E-state index in [1.165, 1.54) is 5.32 Å². The Morgan fingerprint density at radius 1 is 1.08 bits per heavy atom. The minimum absolute atomic E-state index is 0.240. The Morgan fingerprint density at radius 2 is 1.88 bits per heavy atom. The number of halogens is 3. The molecule has 0 radical (unpaired) electrons. The standard InChI is InChI=1S/C17H15F3N4/c1-3-12-13(7-6-11-5-4-8-21-15(11)12)14-10(2)16(23-9-22-14)24-17(18,19)20/h4-9H,3H2,1-2H3,(H,22,23,24). The second kappa shape index (κ2) is 6.07. The monoisotopic (exact) mass is 332 g/mol. The van der Waals surface area contributed by atoms with Crippen LogP contribution >= 0.6 is 0 Å². The van der Waals surface area contributed by atoms with Crippen LogP contribution in [0.5, 0.6) is 0 Å². The van der Waals surface area contributed by atoms with Crippen LogP contribution in [0.4, 0.5) is 19.0 Å². The number of alkyl halides is 3. The number of aryl methyl sites for hydroxylation is 1. The van der Waals surface area contributed by atoms with Crippen molar-refractivity contribution >= 4 is 16.7 Å². The molecule has 0 spiro atoms. The van der Waals surface area contributed by atoms with E-state index in [0.717, 1.165) is 28.4 Å². The summed E-state index contributed by atoms with van der Waals surface area (Å²) in [7, 11) is 0. The number of fused-ring (bicyclic) bond motifs is 1. The molecule has 0 aliphatic carbocycles. The number of benzene rings is 1. The highest BCUT2D eigenvalue weighted by Gasteiger charge is 2.29. The number of pyridine rings is 1. The Hall–Kier alpha value is -2.70. The van der Waals surface area contributed by atoms with Crippen LogP contribution in [0.1, 0.15) is 18.1 Å². The first-order chi connectivity index (χ1) is 11.4. The number of nitrogens with one attached hydrogen (secondary N) is 1. The SMILES string of the molecule is CCc1c(-c2ncnc(NC(F)(F)F)c2C)ccc2cccnc12. The molecule has 1 N–H and O–H groups in total. The predicted molar refractivity (Wildman–Crippen MR) is 86.6 cm³/mol. The molecule has 0 atom stereocenters. The highest BCUT2D eigenvalue weighted by Crippen LogP contribution is 2.33. The van der Waals surface area contributed by atoms with Crippen molar-refractivity contribution < 1.29 is 13.2 Å². The van der Waals surface area contributed by atoms with E-state index in [0.29, 0.717) is 17.7 Å². The van der Waals surface area contributed by atoms with Gasteiger partial charge in [0.05, 0.1) is 11.2 Å². The first kappa shape index (κ1) is 16.2. The summed E-state index contributed by atoms with van der Waals surface area (Å²) in [6.07, 6.45) is -1.02. The summed E-state index contributed by atoms with van der Waals surface area (Å²) in [4.78, 5) is 12.3. The maximum Gasteiger partial charge on any atom is 0.483 e. The zero-order valence-corrected chi connectivity index (χ0v) is 13.1. The molecule has 24 heavy (non-hydrogen) atoms. The van der Waals surface area contributed by atoms with Gasteiger partial charge in [-0.1, -0.05) is 25.1 Å². The summed E-state index contributed by atoms with van der Waals surface area (Å²) in [5.74, 6) is -0.240. The number of anilines is 1. The molecule has 1 aromatic carbocycles. The fraction of sp³-hybridized carbons (Fsp3) is 0.235. The van der Waals surface area contributed by atoms with Crippen LogP contribution in [0.3, 0.4) is 0 Å². The smallest absolute Gasteiger partial charge is 0.281 e. The molecule has 0 amide bonds. The fourth-order valence-corrected chi connectivity index (χ4v) is 2.77. The number of rotatable bonds is 3. The van der Waals surface area contributed by atoms with Crippen molar-refractivity contribution in [3.05, 3.63) is 47.9 Å². The normalized spacial score (nSPS) is 11.7. The molecule has 124 valence electrons. The summed E-state index contributed by atoms with van der Waals surface area (Å²) in [6.45, 7) is 3.56. The van der Waals surface area contributed by atoms with Gasteiger partial charge in [-0.3, -0.25) is 10.3 Å². The molecule has 4 nitrogen and oxygen atoms in total. The number of aromatic nitrogens is 3. The molecule has 0 saturated heterocycles. The summed E-state index contributed by atoms with van der Waals surface area (Å²) in [5, 5.41) is 2.45. The highest BCUT2D eigenvalue weighted by molar-refractivity contribution is 5.89. The zero-order chi connectivity index (χ0) is 17.3. The Bertz CT molecular complexity index is 891. The molecule has 3 rings (SSSR count). The van der Waals surface area contributed by atoms with Crippen molar-refractivity contribution in [2.75, 3.05) is 5.32 Å². The lowest BCUT2D eigenvalue weighted by molar-refractivity contribution is -0.100. The fourth-order valence-electron chi connectivity index (χ4n) is 2.77. The Kier molecular flexibility index (Phi) is 4.09. The lowest BCUT2D eigenvalue weighted by Gasteiger charge is -2.16. The number of nitrogens with zero attached hydrogens (tertiary/aromatic N) is 3. The molecular formula is C17H15F3N4. The van der Waals surface area contributed by atoms with E-state index in [1.54, 1.807) is 13.1 Å². The quantitative estimate of drug-likeness (QED) is 0.718. The van der Waals surface area contributed by atoms with Crippen molar-refractivity contribution in [1.29, 1.82) is 0 Å². The molecule has 0 aliphatic rings. The van der Waals surface area contributed by atoms with E-state index in [9.17, 15) is 13.2 Å². The van der Waals surface area contributed by atoms with Crippen LogP contribution < -0.4 is 5.32 Å². The van der Waals surface area contributed by atoms with Crippen molar-refractivity contribution in [2.45, 2.75) is 26.6 Å². The van der Waals surface area contributed by atoms with E-state index in [-0.39, 0.29) is 5.82 Å². The van der Waals surface area contributed by atoms with Gasteiger partial charge in [-0.15, -0.1) is 0 Å². The van der Waals surface area contributed by atoms with Crippen LogP contribution in [0.15, 0.2) is 36.8 Å². The van der Waals surface area contributed by atoms with Crippen LogP contribution in [-0.2, 0) is 6.42 Å². The molecule has 3 aromatic rings. The predicted octanol–water partition coefficient (Wildman–Crippen LogP) is 4.49. The Morgan fingerprint density at radius 3 is 2.58 bits per heavy atom. The maximum atomic E-state index is 12.6. The van der Waals surface area contributed by atoms with Gasteiger partial charge in [0.1, 0.15) is 12.1 Å². The van der Waals surface area contributed by atoms with Gasteiger partial charge in [-0.25, -0.2) is 9.97 Å². The molecule has 0 saturated carbocycles. The van der Waals surface area contributed by atoms with Gasteiger partial charge in [0.25, 0.3) is 0 Å². The third-order valence-electron chi connectivity index (χ3n) is 3.83. The average molecular weight is 332 g/mol. The van der Waals surface area contributed by atoms with Crippen molar-refractivity contribution in [1.82, 2.24) is 15.0 Å². The van der Waals surface area contributed by atoms with Gasteiger partial charge in [-0.2, -0.15) is 13.2 Å². The van der Waals surface area contributed by atoms with E-state index in [1.807, 2.05) is 31.2 Å². The van der Waals surface area contributed by atoms with Gasteiger partial charge in [-0.05, 0) is 25.0 Å². The summed E-state index contributed by atoms with van der Waals surface area (Å²) >= 11 is 0. The van der Waals surface area contributed by atoms with Crippen molar-refractivity contribution in [3.63, 3.8) is 0 Å². The van der Waals surface area contributed by atoms with Crippen LogP contribution in [-0.4, -0.2) is 21.3 Å². The first-order valence-corrected chi connectivity index (χ1v) is 7.44. The van der Waals surface area contributed by atoms with E-state index >= 15 is 0 Å². The molecule has 0 unspecified atom stereocenters. The lowest BCUT2D eigenvalue weighted by Crippen LogP contribution is -2.22. The lowest BCUT2D eigenvalue weighted by atomic mass is 9.96. The minimum Gasteiger partial charge on any atom is -0.281 e. The van der Waals surface area contributed by atoms with Crippen LogP contribution in [0, 0.1) is 6.92 Å². The summed E-state index contributed by atoms with van der Waals surface area (Å²) < 4.78 is 37.9. The van der Waals surface area contributed by atoms with E-state index < -0.39 is 6.30 Å². The number of hydrogen-bond donors (Lipinski definition) is 1. The second-order valence-corrected chi connectivity index (χ2v) is 5.34. The Labute approximate surface area is 136 Å². The van der Waals surface area contributed by atoms with Crippen LogP contribution in [0.25, 0.3) is 22.2 Å². The largest absolute Gasteiger partial charge is 0.483 e. The first-order valence-electron chi connectivity index (χ1n) is 7.44. The summed E-state index contributed by atoms with van der Waals surface area (Å²) in [5.41, 5.74) is 3.38. The molecule has 2 aromatic heterocycles. The zero-order valence-electron chi connectivity index (χ0n) is 13.1. The molecule has 2 heterocycles. The van der Waals surface area contributed by atoms with Crippen molar-refractivity contribution in [2.24, 2.45) is 0 Å². The minimum atomic E-state index is -4.55. The molecule has 0 fully saturated rings. The third-order valence-corrected chi connectivity index (χ3v) is 3.83. The maximum absolute atomic E-state index is 12.6. The summed E-state index contributed by atoms with van der Waals surface area (Å²) in [6, 6.07) is 7.57.